The Balaban J connectivity index is 1.27. The smallest absolute Gasteiger partial charge is 0.263 e. The third-order valence-corrected chi connectivity index (χ3v) is 6.07. The van der Waals surface area contributed by atoms with E-state index in [9.17, 15) is 14.4 Å². The largest absolute Gasteiger partial charge is 0.349 e. The molecule has 1 saturated heterocycles. The first-order valence-electron chi connectivity index (χ1n) is 9.65. The zero-order valence-electron chi connectivity index (χ0n) is 15.5. The maximum absolute atomic E-state index is 12.6. The highest BCUT2D eigenvalue weighted by molar-refractivity contribution is 7.12. The normalized spacial score (nSPS) is 17.2. The minimum atomic E-state index is -0.106. The van der Waals surface area contributed by atoms with Crippen LogP contribution in [0.2, 0.25) is 0 Å². The molecule has 2 N–H and O–H groups in total. The molecule has 2 aromatic rings. The number of nitrogens with one attached hydrogen (secondary N) is 2. The van der Waals surface area contributed by atoms with Gasteiger partial charge in [-0.25, -0.2) is 0 Å². The van der Waals surface area contributed by atoms with Gasteiger partial charge in [-0.05, 0) is 61.4 Å². The number of hydrogen-bond donors (Lipinski definition) is 2. The van der Waals surface area contributed by atoms with Gasteiger partial charge in [0, 0.05) is 36.3 Å². The minimum absolute atomic E-state index is 0.0293. The predicted molar refractivity (Wildman–Crippen MR) is 109 cm³/mol. The zero-order valence-corrected chi connectivity index (χ0v) is 16.3. The van der Waals surface area contributed by atoms with Crippen molar-refractivity contribution in [1.29, 1.82) is 0 Å². The monoisotopic (exact) mass is 397 g/mol. The Morgan fingerprint density at radius 2 is 1.68 bits per heavy atom. The molecule has 1 aromatic carbocycles. The van der Waals surface area contributed by atoms with Crippen LogP contribution in [0, 0.1) is 5.92 Å². The van der Waals surface area contributed by atoms with Crippen LogP contribution in [0.4, 0.5) is 5.69 Å². The van der Waals surface area contributed by atoms with E-state index in [2.05, 4.69) is 10.6 Å². The Morgan fingerprint density at radius 3 is 2.29 bits per heavy atom. The molecule has 1 aromatic heterocycles. The minimum Gasteiger partial charge on any atom is -0.349 e. The number of rotatable bonds is 5. The maximum atomic E-state index is 12.6. The molecule has 7 heteroatoms. The van der Waals surface area contributed by atoms with Gasteiger partial charge in [-0.15, -0.1) is 11.3 Å². The number of piperidine rings is 1. The van der Waals surface area contributed by atoms with Crippen molar-refractivity contribution in [3.63, 3.8) is 0 Å². The summed E-state index contributed by atoms with van der Waals surface area (Å²) in [5, 5.41) is 7.78. The fraction of sp³-hybridized carbons (Fsp3) is 0.381. The van der Waals surface area contributed by atoms with Crippen LogP contribution in [0.25, 0.3) is 0 Å². The van der Waals surface area contributed by atoms with Crippen molar-refractivity contribution in [2.45, 2.75) is 31.7 Å². The van der Waals surface area contributed by atoms with Gasteiger partial charge in [0.15, 0.2) is 0 Å². The predicted octanol–water partition coefficient (Wildman–Crippen LogP) is 3.13. The second-order valence-electron chi connectivity index (χ2n) is 7.36. The summed E-state index contributed by atoms with van der Waals surface area (Å²) in [6.45, 7) is 1.18. The number of carbonyl (C=O) groups is 3. The highest BCUT2D eigenvalue weighted by Gasteiger charge is 2.28. The van der Waals surface area contributed by atoms with Gasteiger partial charge in [-0.3, -0.25) is 14.4 Å². The highest BCUT2D eigenvalue weighted by atomic mass is 32.1. The summed E-state index contributed by atoms with van der Waals surface area (Å²) in [6, 6.07) is 11.0. The van der Waals surface area contributed by atoms with Gasteiger partial charge < -0.3 is 15.5 Å². The third kappa shape index (κ3) is 4.42. The molecule has 2 fully saturated rings. The Morgan fingerprint density at radius 1 is 0.964 bits per heavy atom. The van der Waals surface area contributed by atoms with E-state index in [0.717, 1.165) is 17.7 Å². The molecule has 146 valence electrons. The number of carbonyl (C=O) groups excluding carboxylic acids is 3. The lowest BCUT2D eigenvalue weighted by Crippen LogP contribution is -2.41. The number of likely N-dealkylation sites (tertiary alicyclic amines) is 1. The van der Waals surface area contributed by atoms with Crippen LogP contribution in [0.3, 0.4) is 0 Å². The second-order valence-corrected chi connectivity index (χ2v) is 8.31. The molecule has 0 atom stereocenters. The lowest BCUT2D eigenvalue weighted by Gasteiger charge is -2.31. The standard InChI is InChI=1S/C21H23N3O3S/c25-19(23-17-7-8-17)14-3-5-16(6-4-14)22-20(26)15-9-11-24(12-10-15)21(27)18-2-1-13-28-18/h1-6,13,15,17H,7-12H2,(H,22,26)(H,23,25). The number of benzene rings is 1. The molecule has 2 aliphatic rings. The second kappa shape index (κ2) is 8.14. The van der Waals surface area contributed by atoms with Crippen molar-refractivity contribution in [1.82, 2.24) is 10.2 Å². The van der Waals surface area contributed by atoms with Gasteiger partial charge in [0.2, 0.25) is 5.91 Å². The summed E-state index contributed by atoms with van der Waals surface area (Å²) >= 11 is 1.44. The lowest BCUT2D eigenvalue weighted by atomic mass is 9.95. The summed E-state index contributed by atoms with van der Waals surface area (Å²) in [5.41, 5.74) is 1.29. The van der Waals surface area contributed by atoms with E-state index < -0.39 is 0 Å². The average molecular weight is 398 g/mol. The van der Waals surface area contributed by atoms with Crippen molar-refractivity contribution < 1.29 is 14.4 Å². The molecule has 3 amide bonds. The molecule has 2 heterocycles. The summed E-state index contributed by atoms with van der Waals surface area (Å²) in [6.07, 6.45) is 3.42. The summed E-state index contributed by atoms with van der Waals surface area (Å²) in [7, 11) is 0. The zero-order chi connectivity index (χ0) is 19.5. The van der Waals surface area contributed by atoms with E-state index in [1.807, 2.05) is 22.4 Å². The Kier molecular flexibility index (Phi) is 5.43. The Labute approximate surface area is 167 Å². The van der Waals surface area contributed by atoms with Crippen molar-refractivity contribution in [3.05, 3.63) is 52.2 Å². The molecule has 1 aliphatic heterocycles. The van der Waals surface area contributed by atoms with Gasteiger partial charge in [0.25, 0.3) is 11.8 Å². The molecule has 0 bridgehead atoms. The van der Waals surface area contributed by atoms with Crippen LogP contribution in [0.5, 0.6) is 0 Å². The fourth-order valence-electron chi connectivity index (χ4n) is 3.35. The molecular formula is C21H23N3O3S. The van der Waals surface area contributed by atoms with Gasteiger partial charge in [0.1, 0.15) is 0 Å². The third-order valence-electron chi connectivity index (χ3n) is 5.21. The van der Waals surface area contributed by atoms with Gasteiger partial charge in [-0.2, -0.15) is 0 Å². The number of anilines is 1. The first-order chi connectivity index (χ1) is 13.6. The van der Waals surface area contributed by atoms with E-state index in [1.54, 1.807) is 24.3 Å². The van der Waals surface area contributed by atoms with E-state index in [1.165, 1.54) is 11.3 Å². The van der Waals surface area contributed by atoms with Gasteiger partial charge in [-0.1, -0.05) is 6.07 Å². The van der Waals surface area contributed by atoms with E-state index >= 15 is 0 Å². The topological polar surface area (TPSA) is 78.5 Å². The molecule has 1 aliphatic carbocycles. The summed E-state index contributed by atoms with van der Waals surface area (Å²) in [4.78, 5) is 39.5. The molecule has 4 rings (SSSR count). The first-order valence-corrected chi connectivity index (χ1v) is 10.5. The van der Waals surface area contributed by atoms with Gasteiger partial charge in [0.05, 0.1) is 4.88 Å². The van der Waals surface area contributed by atoms with Crippen molar-refractivity contribution in [3.8, 4) is 0 Å². The van der Waals surface area contributed by atoms with Crippen molar-refractivity contribution >= 4 is 34.7 Å². The Bertz CT molecular complexity index is 852. The molecule has 6 nitrogen and oxygen atoms in total. The van der Waals surface area contributed by atoms with E-state index in [4.69, 9.17) is 0 Å². The van der Waals surface area contributed by atoms with Crippen LogP contribution in [0.15, 0.2) is 41.8 Å². The van der Waals surface area contributed by atoms with Crippen LogP contribution >= 0.6 is 11.3 Å². The molecular weight excluding hydrogens is 374 g/mol. The van der Waals surface area contributed by atoms with Crippen LogP contribution < -0.4 is 10.6 Å². The molecule has 0 spiro atoms. The van der Waals surface area contributed by atoms with Crippen LogP contribution in [0.1, 0.15) is 45.7 Å². The first kappa shape index (κ1) is 18.7. The molecule has 0 radical (unpaired) electrons. The van der Waals surface area contributed by atoms with Gasteiger partial charge >= 0.3 is 0 Å². The van der Waals surface area contributed by atoms with Crippen LogP contribution in [-0.2, 0) is 4.79 Å². The van der Waals surface area contributed by atoms with Crippen molar-refractivity contribution in [2.24, 2.45) is 5.92 Å². The quantitative estimate of drug-likeness (QED) is 0.814. The number of hydrogen-bond acceptors (Lipinski definition) is 4. The molecule has 28 heavy (non-hydrogen) atoms. The number of amides is 3. The lowest BCUT2D eigenvalue weighted by molar-refractivity contribution is -0.121. The molecule has 1 saturated carbocycles. The van der Waals surface area contributed by atoms with E-state index in [-0.39, 0.29) is 23.6 Å². The van der Waals surface area contributed by atoms with E-state index in [0.29, 0.717) is 43.2 Å². The number of thiophene rings is 1. The van der Waals surface area contributed by atoms with Crippen LogP contribution in [-0.4, -0.2) is 41.8 Å². The Hall–Kier alpha value is -2.67. The summed E-state index contributed by atoms with van der Waals surface area (Å²) in [5.74, 6) is -0.152. The van der Waals surface area contributed by atoms with Crippen molar-refractivity contribution in [2.75, 3.05) is 18.4 Å². The maximum Gasteiger partial charge on any atom is 0.263 e. The highest BCUT2D eigenvalue weighted by Crippen LogP contribution is 2.23. The SMILES string of the molecule is O=C(NC1CC1)c1ccc(NC(=O)C2CCN(C(=O)c3cccs3)CC2)cc1. The fourth-order valence-corrected chi connectivity index (χ4v) is 4.04. The summed E-state index contributed by atoms with van der Waals surface area (Å²) < 4.78 is 0. The molecule has 0 unspecified atom stereocenters. The number of nitrogens with zero attached hydrogens (tertiary/aromatic N) is 1. The average Bonchev–Trinajstić information content (AvgIpc) is 3.36.